The molecule has 2 aromatic rings. The quantitative estimate of drug-likeness (QED) is 0.804. The van der Waals surface area contributed by atoms with Crippen LogP contribution in [0.5, 0.6) is 11.5 Å². The molecule has 5 nitrogen and oxygen atoms in total. The molecule has 0 aliphatic carbocycles. The molecule has 0 aromatic heterocycles. The third kappa shape index (κ3) is 5.15. The van der Waals surface area contributed by atoms with Gasteiger partial charge in [-0.25, -0.2) is 0 Å². The minimum Gasteiger partial charge on any atom is -0.493 e. The van der Waals surface area contributed by atoms with E-state index in [1.807, 2.05) is 30.3 Å². The second kappa shape index (κ2) is 9.80. The zero-order valence-electron chi connectivity index (χ0n) is 13.9. The number of methoxy groups -OCH3 is 2. The zero-order valence-corrected chi connectivity index (χ0v) is 14.7. The van der Waals surface area contributed by atoms with Crippen LogP contribution >= 0.6 is 12.4 Å². The zero-order chi connectivity index (χ0) is 16.7. The predicted octanol–water partition coefficient (Wildman–Crippen LogP) is 2.56. The summed E-state index contributed by atoms with van der Waals surface area (Å²) in [5.41, 5.74) is 8.26. The van der Waals surface area contributed by atoms with Crippen molar-refractivity contribution < 1.29 is 14.3 Å². The first-order valence-corrected chi connectivity index (χ1v) is 7.46. The Kier molecular flexibility index (Phi) is 8.09. The number of amides is 1. The number of nitrogens with one attached hydrogen (secondary N) is 1. The Morgan fingerprint density at radius 3 is 2.21 bits per heavy atom. The first-order chi connectivity index (χ1) is 11.2. The molecule has 0 saturated heterocycles. The first-order valence-electron chi connectivity index (χ1n) is 7.46. The standard InChI is InChI=1S/C18H22N2O3.ClH/c1-22-16-8-5-13(11-17(16)23-2)9-10-20-18(21)15-6-3-14(12-19)4-7-15;/h3-8,11H,9-10,12,19H2,1-2H3,(H,20,21);1H. The minimum atomic E-state index is -0.0888. The van der Waals surface area contributed by atoms with E-state index in [1.165, 1.54) is 0 Å². The highest BCUT2D eigenvalue weighted by Gasteiger charge is 2.07. The SMILES string of the molecule is COc1ccc(CCNC(=O)c2ccc(CN)cc2)cc1OC.Cl. The molecule has 0 saturated carbocycles. The Hall–Kier alpha value is -2.24. The summed E-state index contributed by atoms with van der Waals surface area (Å²) in [6.07, 6.45) is 0.715. The van der Waals surface area contributed by atoms with Gasteiger partial charge in [-0.1, -0.05) is 18.2 Å². The van der Waals surface area contributed by atoms with Gasteiger partial charge in [0, 0.05) is 18.7 Å². The lowest BCUT2D eigenvalue weighted by Crippen LogP contribution is -2.25. The van der Waals surface area contributed by atoms with Crippen LogP contribution in [0.3, 0.4) is 0 Å². The molecule has 0 radical (unpaired) electrons. The lowest BCUT2D eigenvalue weighted by atomic mass is 10.1. The van der Waals surface area contributed by atoms with E-state index in [0.717, 1.165) is 11.1 Å². The van der Waals surface area contributed by atoms with Gasteiger partial charge in [-0.3, -0.25) is 4.79 Å². The van der Waals surface area contributed by atoms with Crippen molar-refractivity contribution in [3.8, 4) is 11.5 Å². The molecule has 0 bridgehead atoms. The lowest BCUT2D eigenvalue weighted by molar-refractivity contribution is 0.0954. The number of rotatable bonds is 7. The van der Waals surface area contributed by atoms with Crippen LogP contribution in [0.2, 0.25) is 0 Å². The summed E-state index contributed by atoms with van der Waals surface area (Å²) in [5, 5.41) is 2.91. The summed E-state index contributed by atoms with van der Waals surface area (Å²) < 4.78 is 10.5. The van der Waals surface area contributed by atoms with E-state index < -0.39 is 0 Å². The molecule has 3 N–H and O–H groups in total. The Morgan fingerprint density at radius 2 is 1.62 bits per heavy atom. The molecular formula is C18H23ClN2O3. The van der Waals surface area contributed by atoms with Crippen molar-refractivity contribution in [1.29, 1.82) is 0 Å². The summed E-state index contributed by atoms with van der Waals surface area (Å²) in [6.45, 7) is 1.02. The number of carbonyl (C=O) groups excluding carboxylic acids is 1. The Morgan fingerprint density at radius 1 is 1.00 bits per heavy atom. The maximum Gasteiger partial charge on any atom is 0.251 e. The molecule has 0 spiro atoms. The second-order valence-electron chi connectivity index (χ2n) is 5.10. The van der Waals surface area contributed by atoms with Crippen LogP contribution in [0.25, 0.3) is 0 Å². The average Bonchev–Trinajstić information content (AvgIpc) is 2.61. The molecule has 2 aromatic carbocycles. The van der Waals surface area contributed by atoms with Crippen molar-refractivity contribution in [2.45, 2.75) is 13.0 Å². The fourth-order valence-corrected chi connectivity index (χ4v) is 2.25. The van der Waals surface area contributed by atoms with Gasteiger partial charge in [-0.2, -0.15) is 0 Å². The van der Waals surface area contributed by atoms with Gasteiger partial charge >= 0.3 is 0 Å². The van der Waals surface area contributed by atoms with Crippen molar-refractivity contribution in [1.82, 2.24) is 5.32 Å². The highest BCUT2D eigenvalue weighted by Crippen LogP contribution is 2.27. The van der Waals surface area contributed by atoms with Crippen LogP contribution in [0, 0.1) is 0 Å². The van der Waals surface area contributed by atoms with Gasteiger partial charge in [0.1, 0.15) is 0 Å². The molecule has 0 unspecified atom stereocenters. The van der Waals surface area contributed by atoms with Crippen LogP contribution in [0.15, 0.2) is 42.5 Å². The van der Waals surface area contributed by atoms with Crippen LogP contribution < -0.4 is 20.5 Å². The van der Waals surface area contributed by atoms with Crippen molar-refractivity contribution in [3.63, 3.8) is 0 Å². The van der Waals surface area contributed by atoms with Crippen molar-refractivity contribution in [3.05, 3.63) is 59.2 Å². The van der Waals surface area contributed by atoms with Gasteiger partial charge in [-0.05, 0) is 41.8 Å². The summed E-state index contributed by atoms with van der Waals surface area (Å²) in [7, 11) is 3.21. The van der Waals surface area contributed by atoms with Crippen LogP contribution in [0.4, 0.5) is 0 Å². The molecule has 0 heterocycles. The number of hydrogen-bond donors (Lipinski definition) is 2. The van der Waals surface area contributed by atoms with Gasteiger partial charge in [0.05, 0.1) is 14.2 Å². The molecule has 0 aliphatic rings. The average molecular weight is 351 g/mol. The van der Waals surface area contributed by atoms with Crippen molar-refractivity contribution in [2.75, 3.05) is 20.8 Å². The Balaban J connectivity index is 0.00000288. The maximum atomic E-state index is 12.1. The third-order valence-electron chi connectivity index (χ3n) is 3.60. The molecule has 24 heavy (non-hydrogen) atoms. The smallest absolute Gasteiger partial charge is 0.251 e. The van der Waals surface area contributed by atoms with Crippen LogP contribution in [-0.2, 0) is 13.0 Å². The molecule has 2 rings (SSSR count). The summed E-state index contributed by atoms with van der Waals surface area (Å²) in [5.74, 6) is 1.29. The third-order valence-corrected chi connectivity index (χ3v) is 3.60. The number of halogens is 1. The van der Waals surface area contributed by atoms with E-state index in [4.69, 9.17) is 15.2 Å². The lowest BCUT2D eigenvalue weighted by Gasteiger charge is -2.10. The first kappa shape index (κ1) is 19.8. The van der Waals surface area contributed by atoms with E-state index in [0.29, 0.717) is 36.6 Å². The van der Waals surface area contributed by atoms with Crippen molar-refractivity contribution in [2.24, 2.45) is 5.73 Å². The van der Waals surface area contributed by atoms with Crippen LogP contribution in [-0.4, -0.2) is 26.7 Å². The summed E-state index contributed by atoms with van der Waals surface area (Å²) >= 11 is 0. The highest BCUT2D eigenvalue weighted by molar-refractivity contribution is 5.94. The topological polar surface area (TPSA) is 73.6 Å². The number of nitrogens with two attached hydrogens (primary N) is 1. The molecule has 1 amide bonds. The van der Waals surface area contributed by atoms with E-state index >= 15 is 0 Å². The molecule has 0 fully saturated rings. The number of ether oxygens (including phenoxy) is 2. The number of hydrogen-bond acceptors (Lipinski definition) is 4. The Bertz CT molecular complexity index is 660. The van der Waals surface area contributed by atoms with E-state index in [-0.39, 0.29) is 18.3 Å². The molecule has 0 atom stereocenters. The fraction of sp³-hybridized carbons (Fsp3) is 0.278. The van der Waals surface area contributed by atoms with Gasteiger partial charge < -0.3 is 20.5 Å². The second-order valence-corrected chi connectivity index (χ2v) is 5.10. The van der Waals surface area contributed by atoms with Gasteiger partial charge in [0.25, 0.3) is 5.91 Å². The normalized spacial score (nSPS) is 9.79. The largest absolute Gasteiger partial charge is 0.493 e. The van der Waals surface area contributed by atoms with Gasteiger partial charge in [0.15, 0.2) is 11.5 Å². The fourth-order valence-electron chi connectivity index (χ4n) is 2.25. The number of benzene rings is 2. The van der Waals surface area contributed by atoms with E-state index in [2.05, 4.69) is 5.32 Å². The summed E-state index contributed by atoms with van der Waals surface area (Å²) in [6, 6.07) is 13.0. The monoisotopic (exact) mass is 350 g/mol. The number of carbonyl (C=O) groups is 1. The molecule has 6 heteroatoms. The van der Waals surface area contributed by atoms with E-state index in [9.17, 15) is 4.79 Å². The van der Waals surface area contributed by atoms with E-state index in [1.54, 1.807) is 26.4 Å². The minimum absolute atomic E-state index is 0. The highest BCUT2D eigenvalue weighted by atomic mass is 35.5. The summed E-state index contributed by atoms with van der Waals surface area (Å²) in [4.78, 5) is 12.1. The maximum absolute atomic E-state index is 12.1. The van der Waals surface area contributed by atoms with Crippen LogP contribution in [0.1, 0.15) is 21.5 Å². The van der Waals surface area contributed by atoms with Crippen molar-refractivity contribution >= 4 is 18.3 Å². The molecule has 0 aliphatic heterocycles. The van der Waals surface area contributed by atoms with Gasteiger partial charge in [-0.15, -0.1) is 12.4 Å². The molecule has 130 valence electrons. The molecular weight excluding hydrogens is 328 g/mol. The Labute approximate surface area is 148 Å². The van der Waals surface area contributed by atoms with Gasteiger partial charge in [0.2, 0.25) is 0 Å². The predicted molar refractivity (Wildman–Crippen MR) is 97.2 cm³/mol.